The van der Waals surface area contributed by atoms with Gasteiger partial charge in [0.05, 0.1) is 13.2 Å². The number of hydrogen-bond acceptors (Lipinski definition) is 5. The first kappa shape index (κ1) is 18.0. The molecule has 0 radical (unpaired) electrons. The second-order valence-corrected chi connectivity index (χ2v) is 6.58. The fraction of sp³-hybridized carbons (Fsp3) is 0.538. The van der Waals surface area contributed by atoms with E-state index in [2.05, 4.69) is 9.46 Å². The van der Waals surface area contributed by atoms with Crippen molar-refractivity contribution in [1.82, 2.24) is 9.62 Å². The third-order valence-electron chi connectivity index (χ3n) is 3.19. The summed E-state index contributed by atoms with van der Waals surface area (Å²) in [5.41, 5.74) is 0. The van der Waals surface area contributed by atoms with E-state index in [0.717, 1.165) is 12.1 Å². The zero-order valence-corrected chi connectivity index (χ0v) is 13.0. The standard InChI is InChI=1S/C13H17F3N2O4S/c14-13(15,16)22-11-3-1-2-4-12(11)23(19,20)17-5-6-18-7-9-21-10-8-18/h1-4,17H,5-10H2. The number of morpholine rings is 1. The lowest BCUT2D eigenvalue weighted by atomic mass is 10.3. The molecule has 6 nitrogen and oxygen atoms in total. The average Bonchev–Trinajstić information content (AvgIpc) is 2.47. The Morgan fingerprint density at radius 3 is 2.52 bits per heavy atom. The highest BCUT2D eigenvalue weighted by molar-refractivity contribution is 7.89. The van der Waals surface area contributed by atoms with Crippen LogP contribution in [0.5, 0.6) is 5.75 Å². The molecule has 2 rings (SSSR count). The fourth-order valence-electron chi connectivity index (χ4n) is 2.12. The molecule has 1 aromatic carbocycles. The number of nitrogens with one attached hydrogen (secondary N) is 1. The minimum absolute atomic E-state index is 0.0860. The van der Waals surface area contributed by atoms with Crippen LogP contribution in [0.4, 0.5) is 13.2 Å². The van der Waals surface area contributed by atoms with Gasteiger partial charge in [0.15, 0.2) is 0 Å². The van der Waals surface area contributed by atoms with Crippen molar-refractivity contribution in [3.63, 3.8) is 0 Å². The number of hydrogen-bond donors (Lipinski definition) is 1. The van der Waals surface area contributed by atoms with Crippen LogP contribution < -0.4 is 9.46 Å². The molecule has 1 aliphatic heterocycles. The molecule has 130 valence electrons. The van der Waals surface area contributed by atoms with Gasteiger partial charge in [0, 0.05) is 26.2 Å². The molecular weight excluding hydrogens is 337 g/mol. The zero-order chi connectivity index (χ0) is 16.9. The van der Waals surface area contributed by atoms with E-state index in [0.29, 0.717) is 32.8 Å². The topological polar surface area (TPSA) is 67.9 Å². The van der Waals surface area contributed by atoms with E-state index in [1.54, 1.807) is 0 Å². The summed E-state index contributed by atoms with van der Waals surface area (Å²) < 4.78 is 72.6. The van der Waals surface area contributed by atoms with Gasteiger partial charge < -0.3 is 9.47 Å². The summed E-state index contributed by atoms with van der Waals surface area (Å²) in [7, 11) is -4.10. The molecule has 0 aliphatic carbocycles. The van der Waals surface area contributed by atoms with Crippen LogP contribution in [0, 0.1) is 0 Å². The molecule has 1 saturated heterocycles. The number of benzene rings is 1. The van der Waals surface area contributed by atoms with Gasteiger partial charge >= 0.3 is 6.36 Å². The van der Waals surface area contributed by atoms with Crippen molar-refractivity contribution < 1.29 is 31.1 Å². The lowest BCUT2D eigenvalue weighted by Gasteiger charge is -2.26. The second-order valence-electron chi connectivity index (χ2n) is 4.85. The number of rotatable bonds is 6. The van der Waals surface area contributed by atoms with Crippen LogP contribution in [0.3, 0.4) is 0 Å². The molecule has 1 aromatic rings. The van der Waals surface area contributed by atoms with E-state index in [4.69, 9.17) is 4.74 Å². The van der Waals surface area contributed by atoms with E-state index in [-0.39, 0.29) is 6.54 Å². The van der Waals surface area contributed by atoms with Gasteiger partial charge in [0.25, 0.3) is 0 Å². The molecule has 0 unspecified atom stereocenters. The van der Waals surface area contributed by atoms with Gasteiger partial charge in [0.2, 0.25) is 10.0 Å². The third-order valence-corrected chi connectivity index (χ3v) is 4.69. The van der Waals surface area contributed by atoms with Crippen LogP contribution in [-0.2, 0) is 14.8 Å². The predicted molar refractivity (Wildman–Crippen MR) is 75.6 cm³/mol. The average molecular weight is 354 g/mol. The van der Waals surface area contributed by atoms with Crippen molar-refractivity contribution in [3.8, 4) is 5.75 Å². The first-order valence-electron chi connectivity index (χ1n) is 6.92. The maximum Gasteiger partial charge on any atom is 0.573 e. The molecular formula is C13H17F3N2O4S. The molecule has 1 fully saturated rings. The van der Waals surface area contributed by atoms with Gasteiger partial charge in [-0.3, -0.25) is 4.90 Å². The van der Waals surface area contributed by atoms with E-state index >= 15 is 0 Å². The molecule has 23 heavy (non-hydrogen) atoms. The van der Waals surface area contributed by atoms with Crippen LogP contribution in [0.15, 0.2) is 29.2 Å². The molecule has 0 spiro atoms. The predicted octanol–water partition coefficient (Wildman–Crippen LogP) is 1.20. The maximum absolute atomic E-state index is 12.3. The van der Waals surface area contributed by atoms with Crippen molar-refractivity contribution in [1.29, 1.82) is 0 Å². The molecule has 0 saturated carbocycles. The Morgan fingerprint density at radius 2 is 1.87 bits per heavy atom. The van der Waals surface area contributed by atoms with Crippen molar-refractivity contribution >= 4 is 10.0 Å². The lowest BCUT2D eigenvalue weighted by molar-refractivity contribution is -0.275. The fourth-order valence-corrected chi connectivity index (χ4v) is 3.27. The van der Waals surface area contributed by atoms with Gasteiger partial charge in [-0.1, -0.05) is 12.1 Å². The van der Waals surface area contributed by atoms with E-state index in [1.807, 2.05) is 4.90 Å². The summed E-state index contributed by atoms with van der Waals surface area (Å²) in [6.07, 6.45) is -4.96. The number of ether oxygens (including phenoxy) is 2. The van der Waals surface area contributed by atoms with Gasteiger partial charge in [-0.05, 0) is 12.1 Å². The number of alkyl halides is 3. The first-order valence-corrected chi connectivity index (χ1v) is 8.41. The van der Waals surface area contributed by atoms with Crippen LogP contribution >= 0.6 is 0 Å². The highest BCUT2D eigenvalue weighted by atomic mass is 32.2. The number of para-hydroxylation sites is 1. The van der Waals surface area contributed by atoms with Crippen molar-refractivity contribution in [2.24, 2.45) is 0 Å². The number of sulfonamides is 1. The Labute approximate surface area is 132 Å². The van der Waals surface area contributed by atoms with Gasteiger partial charge in [-0.2, -0.15) is 0 Å². The van der Waals surface area contributed by atoms with Crippen molar-refractivity contribution in [2.75, 3.05) is 39.4 Å². The van der Waals surface area contributed by atoms with Gasteiger partial charge in [-0.15, -0.1) is 13.2 Å². The SMILES string of the molecule is O=S(=O)(NCCN1CCOCC1)c1ccccc1OC(F)(F)F. The van der Waals surface area contributed by atoms with Crippen molar-refractivity contribution in [3.05, 3.63) is 24.3 Å². The van der Waals surface area contributed by atoms with Gasteiger partial charge in [0.1, 0.15) is 10.6 Å². The third kappa shape index (κ3) is 5.65. The highest BCUT2D eigenvalue weighted by Crippen LogP contribution is 2.29. The molecule has 1 aliphatic rings. The Kier molecular flexibility index (Phi) is 5.84. The minimum atomic E-state index is -4.96. The molecule has 0 aromatic heterocycles. The molecule has 0 amide bonds. The largest absolute Gasteiger partial charge is 0.573 e. The Balaban J connectivity index is 2.01. The summed E-state index contributed by atoms with van der Waals surface area (Å²) in [5.74, 6) is -0.751. The molecule has 1 heterocycles. The van der Waals surface area contributed by atoms with Gasteiger partial charge in [-0.25, -0.2) is 13.1 Å². The second kappa shape index (κ2) is 7.47. The zero-order valence-electron chi connectivity index (χ0n) is 12.2. The van der Waals surface area contributed by atoms with Crippen LogP contribution in [0.2, 0.25) is 0 Å². The Bertz CT molecular complexity index is 616. The summed E-state index contributed by atoms with van der Waals surface area (Å²) in [5, 5.41) is 0. The molecule has 0 atom stereocenters. The molecule has 0 bridgehead atoms. The smallest absolute Gasteiger partial charge is 0.404 e. The molecule has 1 N–H and O–H groups in total. The van der Waals surface area contributed by atoms with Crippen LogP contribution in [0.1, 0.15) is 0 Å². The van der Waals surface area contributed by atoms with Crippen LogP contribution in [0.25, 0.3) is 0 Å². The first-order chi connectivity index (χ1) is 10.8. The summed E-state index contributed by atoms with van der Waals surface area (Å²) in [4.78, 5) is 1.46. The highest BCUT2D eigenvalue weighted by Gasteiger charge is 2.33. The maximum atomic E-state index is 12.3. The summed E-state index contributed by atoms with van der Waals surface area (Å²) in [6, 6.07) is 4.63. The normalized spacial score (nSPS) is 17.2. The van der Waals surface area contributed by atoms with E-state index in [9.17, 15) is 21.6 Å². The number of nitrogens with zero attached hydrogens (tertiary/aromatic N) is 1. The van der Waals surface area contributed by atoms with E-state index in [1.165, 1.54) is 12.1 Å². The summed E-state index contributed by atoms with van der Waals surface area (Å²) >= 11 is 0. The van der Waals surface area contributed by atoms with E-state index < -0.39 is 27.0 Å². The summed E-state index contributed by atoms with van der Waals surface area (Å²) in [6.45, 7) is 3.07. The quantitative estimate of drug-likeness (QED) is 0.831. The minimum Gasteiger partial charge on any atom is -0.404 e. The monoisotopic (exact) mass is 354 g/mol. The van der Waals surface area contributed by atoms with Crippen molar-refractivity contribution in [2.45, 2.75) is 11.3 Å². The van der Waals surface area contributed by atoms with Crippen LogP contribution in [-0.4, -0.2) is 59.1 Å². The lowest BCUT2D eigenvalue weighted by Crippen LogP contribution is -2.41. The number of halogens is 3. The Hall–Kier alpha value is -1.36. The molecule has 10 heteroatoms. The Morgan fingerprint density at radius 1 is 1.22 bits per heavy atom.